The molecule has 0 saturated carbocycles. The van der Waals surface area contributed by atoms with E-state index in [9.17, 15) is 28.8 Å². The molecule has 0 unspecified atom stereocenters. The average Bonchev–Trinajstić information content (AvgIpc) is 2.88. The molecule has 0 heterocycles. The van der Waals surface area contributed by atoms with Crippen LogP contribution < -0.4 is 0 Å². The zero-order valence-electron chi connectivity index (χ0n) is 26.1. The standard InChI is InChI=1S/3C10H18O3.Ru/c3*1-4-10(5-2,6-3)8(11)7-9(12)13;/h3*4-7H2,1-3H3,(H,12,13);. The van der Waals surface area contributed by atoms with E-state index < -0.39 is 34.2 Å². The predicted octanol–water partition coefficient (Wildman–Crippen LogP) is 6.74. The second kappa shape index (κ2) is 22.7. The summed E-state index contributed by atoms with van der Waals surface area (Å²) in [6.07, 6.45) is 5.54. The SMILES string of the molecule is CCC(CC)(CC)C(=O)CC(=O)O.CCC(CC)(CC)C(=O)CC(=O)O.CCC(CC)(CC)C(=O)CC(=O)O.[Ru]. The van der Waals surface area contributed by atoms with Crippen LogP contribution in [-0.4, -0.2) is 50.6 Å². The fraction of sp³-hybridized carbons (Fsp3) is 0.800. The molecule has 0 rings (SSSR count). The van der Waals surface area contributed by atoms with Crippen LogP contribution in [0.5, 0.6) is 0 Å². The first kappa shape index (κ1) is 45.0. The summed E-state index contributed by atoms with van der Waals surface area (Å²) in [5.41, 5.74) is -1.21. The summed E-state index contributed by atoms with van der Waals surface area (Å²) in [6, 6.07) is 0. The van der Waals surface area contributed by atoms with E-state index in [-0.39, 0.29) is 56.1 Å². The molecule has 236 valence electrons. The number of aliphatic carboxylic acids is 3. The van der Waals surface area contributed by atoms with Crippen LogP contribution in [0.4, 0.5) is 0 Å². The molecule has 0 aromatic rings. The van der Waals surface area contributed by atoms with Crippen molar-refractivity contribution in [2.45, 2.75) is 139 Å². The van der Waals surface area contributed by atoms with Crippen molar-refractivity contribution >= 4 is 35.3 Å². The molecule has 10 heteroatoms. The first-order valence-electron chi connectivity index (χ1n) is 14.3. The number of carbonyl (C=O) groups excluding carboxylic acids is 3. The van der Waals surface area contributed by atoms with Crippen LogP contribution in [0, 0.1) is 16.2 Å². The minimum atomic E-state index is -1.02. The molecule has 40 heavy (non-hydrogen) atoms. The van der Waals surface area contributed by atoms with Crippen molar-refractivity contribution in [2.75, 3.05) is 0 Å². The molecule has 9 nitrogen and oxygen atoms in total. The summed E-state index contributed by atoms with van der Waals surface area (Å²) in [5.74, 6) is -3.47. The molecule has 0 aromatic carbocycles. The summed E-state index contributed by atoms with van der Waals surface area (Å²) >= 11 is 0. The van der Waals surface area contributed by atoms with E-state index in [1.807, 2.05) is 62.3 Å². The Morgan fingerprint density at radius 1 is 0.375 bits per heavy atom. The normalized spacial score (nSPS) is 11.0. The number of rotatable bonds is 18. The second-order valence-electron chi connectivity index (χ2n) is 10.0. The summed E-state index contributed by atoms with van der Waals surface area (Å²) in [5, 5.41) is 25.5. The van der Waals surface area contributed by atoms with Crippen molar-refractivity contribution in [3.63, 3.8) is 0 Å². The van der Waals surface area contributed by atoms with Gasteiger partial charge in [-0.2, -0.15) is 0 Å². The van der Waals surface area contributed by atoms with Crippen molar-refractivity contribution in [1.29, 1.82) is 0 Å². The fourth-order valence-electron chi connectivity index (χ4n) is 5.00. The Kier molecular flexibility index (Phi) is 25.6. The molecule has 0 aromatic heterocycles. The molecule has 0 fully saturated rings. The summed E-state index contributed by atoms with van der Waals surface area (Å²) in [4.78, 5) is 65.9. The van der Waals surface area contributed by atoms with Gasteiger partial charge in [-0.1, -0.05) is 62.3 Å². The first-order valence-corrected chi connectivity index (χ1v) is 14.3. The Hall–Kier alpha value is -1.96. The zero-order valence-corrected chi connectivity index (χ0v) is 27.9. The number of ketones is 3. The van der Waals surface area contributed by atoms with Crippen molar-refractivity contribution in [3.8, 4) is 0 Å². The van der Waals surface area contributed by atoms with Gasteiger partial charge in [-0.15, -0.1) is 0 Å². The van der Waals surface area contributed by atoms with Crippen molar-refractivity contribution < 1.29 is 63.6 Å². The maximum atomic E-state index is 11.6. The van der Waals surface area contributed by atoms with Crippen molar-refractivity contribution in [3.05, 3.63) is 0 Å². The molecule has 0 amide bonds. The van der Waals surface area contributed by atoms with Crippen LogP contribution >= 0.6 is 0 Å². The maximum absolute atomic E-state index is 11.6. The zero-order chi connectivity index (χ0) is 31.4. The molecular weight excluding hydrogens is 605 g/mol. The van der Waals surface area contributed by atoms with Crippen LogP contribution in [0.25, 0.3) is 0 Å². The van der Waals surface area contributed by atoms with E-state index in [4.69, 9.17) is 15.3 Å². The quantitative estimate of drug-likeness (QED) is 0.107. The van der Waals surface area contributed by atoms with E-state index >= 15 is 0 Å². The number of Topliss-reactive ketones (excluding diaryl/α,β-unsaturated/α-hetero) is 3. The Bertz CT molecular complexity index is 664. The first-order chi connectivity index (χ1) is 18.1. The molecule has 0 radical (unpaired) electrons. The van der Waals surface area contributed by atoms with Crippen LogP contribution in [-0.2, 0) is 48.2 Å². The molecule has 0 bridgehead atoms. The number of carboxylic acid groups (broad SMARTS) is 3. The van der Waals surface area contributed by atoms with Gasteiger partial charge in [0, 0.05) is 35.7 Å². The van der Waals surface area contributed by atoms with E-state index in [1.165, 1.54) is 0 Å². The molecular formula is C30H54O9Ru. The Balaban J connectivity index is -0.000000240. The fourth-order valence-corrected chi connectivity index (χ4v) is 5.00. The third kappa shape index (κ3) is 14.6. The summed E-state index contributed by atoms with van der Waals surface area (Å²) < 4.78 is 0. The van der Waals surface area contributed by atoms with Crippen LogP contribution in [0.3, 0.4) is 0 Å². The minimum absolute atomic E-state index is 0. The van der Waals surface area contributed by atoms with Gasteiger partial charge in [-0.25, -0.2) is 0 Å². The summed E-state index contributed by atoms with van der Waals surface area (Å²) in [7, 11) is 0. The van der Waals surface area contributed by atoms with Gasteiger partial charge < -0.3 is 15.3 Å². The van der Waals surface area contributed by atoms with Crippen LogP contribution in [0.15, 0.2) is 0 Å². The van der Waals surface area contributed by atoms with Gasteiger partial charge in [0.05, 0.1) is 0 Å². The van der Waals surface area contributed by atoms with Gasteiger partial charge in [-0.05, 0) is 57.8 Å². The number of carbonyl (C=O) groups is 6. The molecule has 0 spiro atoms. The van der Waals surface area contributed by atoms with Gasteiger partial charge in [-0.3, -0.25) is 28.8 Å². The van der Waals surface area contributed by atoms with Gasteiger partial charge in [0.15, 0.2) is 0 Å². The van der Waals surface area contributed by atoms with Gasteiger partial charge in [0.25, 0.3) is 0 Å². The van der Waals surface area contributed by atoms with E-state index in [0.717, 1.165) is 57.8 Å². The van der Waals surface area contributed by atoms with Crippen LogP contribution in [0.1, 0.15) is 139 Å². The monoisotopic (exact) mass is 660 g/mol. The number of carboxylic acids is 3. The largest absolute Gasteiger partial charge is 0.481 e. The smallest absolute Gasteiger partial charge is 0.310 e. The van der Waals surface area contributed by atoms with Crippen molar-refractivity contribution in [1.82, 2.24) is 0 Å². The van der Waals surface area contributed by atoms with Gasteiger partial charge in [0.1, 0.15) is 36.6 Å². The predicted molar refractivity (Wildman–Crippen MR) is 152 cm³/mol. The van der Waals surface area contributed by atoms with Gasteiger partial charge >= 0.3 is 17.9 Å². The minimum Gasteiger partial charge on any atom is -0.481 e. The maximum Gasteiger partial charge on any atom is 0.310 e. The van der Waals surface area contributed by atoms with E-state index in [0.29, 0.717) is 0 Å². The van der Waals surface area contributed by atoms with Crippen LogP contribution in [0.2, 0.25) is 0 Å². The second-order valence-corrected chi connectivity index (χ2v) is 10.0. The van der Waals surface area contributed by atoms with E-state index in [1.54, 1.807) is 0 Å². The van der Waals surface area contributed by atoms with Crippen molar-refractivity contribution in [2.24, 2.45) is 16.2 Å². The summed E-state index contributed by atoms with van der Waals surface area (Å²) in [6.45, 7) is 17.4. The van der Waals surface area contributed by atoms with E-state index in [2.05, 4.69) is 0 Å². The van der Waals surface area contributed by atoms with Gasteiger partial charge in [0.2, 0.25) is 0 Å². The topological polar surface area (TPSA) is 163 Å². The molecule has 0 aliphatic carbocycles. The Morgan fingerprint density at radius 2 is 0.500 bits per heavy atom. The Morgan fingerprint density at radius 3 is 0.575 bits per heavy atom. The third-order valence-corrected chi connectivity index (χ3v) is 8.80. The number of hydrogen-bond acceptors (Lipinski definition) is 6. The molecule has 3 N–H and O–H groups in total. The molecule has 0 aliphatic rings. The molecule has 0 aliphatic heterocycles. The average molecular weight is 660 g/mol. The Labute approximate surface area is 254 Å². The molecule has 0 saturated heterocycles. The number of hydrogen-bond donors (Lipinski definition) is 3. The molecule has 0 atom stereocenters. The third-order valence-electron chi connectivity index (χ3n) is 8.80.